The highest BCUT2D eigenvalue weighted by Gasteiger charge is 2.79. The molecule has 0 radical (unpaired) electrons. The molecule has 5 fully saturated rings. The molecular formula is C26H28F4N6O. The number of aryl methyl sites for hydroxylation is 2. The molecule has 8 rings (SSSR count). The van der Waals surface area contributed by atoms with Gasteiger partial charge in [-0.2, -0.15) is 18.3 Å². The normalized spacial score (nSPS) is 35.1. The standard InChI is InChI=1S/C26H28F4N6O/c1-13-14(2)33-23-20(32-13)21(24-10-25(11-24,12-24)26(28,29)30)34-22(35-23)15-3-4-37-19(5-15)16-8-31-36(9-16)18-6-17(27)7-18/h8-9,15,17-19H,3-7,10-12H2,1-2H3/t15-,17?,18?,19+,24?,25?/m1/s1. The van der Waals surface area contributed by atoms with Crippen LogP contribution in [0.2, 0.25) is 0 Å². The SMILES string of the molecule is Cc1nc2nc([C@@H]3CCO[C@H](c4cnn(C5CC(F)C5)c4)C3)nc(C34CC(C(F)(F)F)(C3)C4)c2nc1C. The van der Waals surface area contributed by atoms with Crippen molar-refractivity contribution in [1.82, 2.24) is 29.7 Å². The van der Waals surface area contributed by atoms with Crippen LogP contribution in [-0.2, 0) is 10.2 Å². The fourth-order valence-corrected chi connectivity index (χ4v) is 6.74. The Hall–Kier alpha value is -2.69. The van der Waals surface area contributed by atoms with Gasteiger partial charge in [0, 0.05) is 42.5 Å². The van der Waals surface area contributed by atoms with Crippen LogP contribution in [-0.4, -0.2) is 48.7 Å². The largest absolute Gasteiger partial charge is 0.394 e. The van der Waals surface area contributed by atoms with Crippen molar-refractivity contribution < 1.29 is 22.3 Å². The molecule has 196 valence electrons. The Kier molecular flexibility index (Phi) is 4.86. The summed E-state index contributed by atoms with van der Waals surface area (Å²) >= 11 is 0. The lowest BCUT2D eigenvalue weighted by Gasteiger charge is -2.70. The Labute approximate surface area is 211 Å². The molecule has 0 aromatic carbocycles. The van der Waals surface area contributed by atoms with Crippen molar-refractivity contribution in [2.24, 2.45) is 5.41 Å². The van der Waals surface area contributed by atoms with E-state index in [0.717, 1.165) is 17.0 Å². The van der Waals surface area contributed by atoms with Crippen LogP contribution in [0.1, 0.15) is 91.5 Å². The third kappa shape index (κ3) is 3.45. The molecule has 0 N–H and O–H groups in total. The van der Waals surface area contributed by atoms with E-state index in [0.29, 0.717) is 55.0 Å². The van der Waals surface area contributed by atoms with Crippen molar-refractivity contribution in [3.8, 4) is 0 Å². The highest BCUT2D eigenvalue weighted by Crippen LogP contribution is 2.78. The van der Waals surface area contributed by atoms with E-state index in [-0.39, 0.29) is 37.3 Å². The summed E-state index contributed by atoms with van der Waals surface area (Å²) in [5.41, 5.74) is 1.83. The lowest BCUT2D eigenvalue weighted by molar-refractivity contribution is -0.337. The molecule has 4 aliphatic carbocycles. The van der Waals surface area contributed by atoms with Crippen LogP contribution in [0.15, 0.2) is 12.4 Å². The van der Waals surface area contributed by atoms with Gasteiger partial charge in [0.15, 0.2) is 5.65 Å². The number of nitrogens with zero attached hydrogens (tertiary/aromatic N) is 6. The van der Waals surface area contributed by atoms with Gasteiger partial charge in [-0.1, -0.05) is 0 Å². The number of aromatic nitrogens is 6. The molecule has 7 nitrogen and oxygen atoms in total. The Morgan fingerprint density at radius 1 is 1.00 bits per heavy atom. The maximum atomic E-state index is 13.6. The number of alkyl halides is 4. The number of ether oxygens (including phenoxy) is 1. The molecule has 37 heavy (non-hydrogen) atoms. The van der Waals surface area contributed by atoms with Gasteiger partial charge in [-0.25, -0.2) is 24.3 Å². The lowest BCUT2D eigenvalue weighted by Crippen LogP contribution is -2.70. The Morgan fingerprint density at radius 3 is 2.43 bits per heavy atom. The van der Waals surface area contributed by atoms with E-state index in [2.05, 4.69) is 15.1 Å². The molecule has 2 atom stereocenters. The predicted molar refractivity (Wildman–Crippen MR) is 125 cm³/mol. The molecule has 0 spiro atoms. The number of hydrogen-bond donors (Lipinski definition) is 0. The summed E-state index contributed by atoms with van der Waals surface area (Å²) < 4.78 is 62.0. The molecule has 4 saturated carbocycles. The van der Waals surface area contributed by atoms with Crippen molar-refractivity contribution in [3.63, 3.8) is 0 Å². The fraction of sp³-hybridized carbons (Fsp3) is 0.654. The van der Waals surface area contributed by atoms with Gasteiger partial charge in [0.25, 0.3) is 0 Å². The van der Waals surface area contributed by atoms with Gasteiger partial charge in [0.2, 0.25) is 0 Å². The van der Waals surface area contributed by atoms with Gasteiger partial charge >= 0.3 is 6.18 Å². The van der Waals surface area contributed by atoms with Gasteiger partial charge in [0.05, 0.1) is 40.8 Å². The maximum Gasteiger partial charge on any atom is 0.394 e. The average molecular weight is 517 g/mol. The summed E-state index contributed by atoms with van der Waals surface area (Å²) in [7, 11) is 0. The topological polar surface area (TPSA) is 78.6 Å². The van der Waals surface area contributed by atoms with Crippen molar-refractivity contribution in [1.29, 1.82) is 0 Å². The smallest absolute Gasteiger partial charge is 0.373 e. The summed E-state index contributed by atoms with van der Waals surface area (Å²) in [5.74, 6) is 0.572. The second kappa shape index (κ2) is 7.68. The summed E-state index contributed by atoms with van der Waals surface area (Å²) in [6.45, 7) is 4.21. The minimum absolute atomic E-state index is 0.0310. The van der Waals surface area contributed by atoms with Crippen LogP contribution in [0.25, 0.3) is 11.2 Å². The molecule has 1 aliphatic heterocycles. The van der Waals surface area contributed by atoms with Crippen LogP contribution in [0.4, 0.5) is 17.6 Å². The van der Waals surface area contributed by atoms with Gasteiger partial charge in [-0.3, -0.25) is 4.68 Å². The van der Waals surface area contributed by atoms with Crippen molar-refractivity contribution in [3.05, 3.63) is 40.9 Å². The van der Waals surface area contributed by atoms with Crippen molar-refractivity contribution in [2.45, 2.75) is 94.6 Å². The molecule has 5 aliphatic rings. The van der Waals surface area contributed by atoms with E-state index < -0.39 is 23.2 Å². The lowest BCUT2D eigenvalue weighted by atomic mass is 9.34. The summed E-state index contributed by atoms with van der Waals surface area (Å²) in [6.07, 6.45) is 1.04. The van der Waals surface area contributed by atoms with Gasteiger partial charge in [0.1, 0.15) is 17.5 Å². The highest BCUT2D eigenvalue weighted by molar-refractivity contribution is 5.75. The Bertz CT molecular complexity index is 1380. The van der Waals surface area contributed by atoms with E-state index >= 15 is 0 Å². The molecule has 2 bridgehead atoms. The third-order valence-electron chi connectivity index (χ3n) is 9.17. The van der Waals surface area contributed by atoms with E-state index in [9.17, 15) is 17.6 Å². The third-order valence-corrected chi connectivity index (χ3v) is 9.17. The van der Waals surface area contributed by atoms with Crippen molar-refractivity contribution in [2.75, 3.05) is 6.61 Å². The molecule has 3 aromatic heterocycles. The quantitative estimate of drug-likeness (QED) is 0.425. The van der Waals surface area contributed by atoms with E-state index in [1.54, 1.807) is 6.20 Å². The number of hydrogen-bond acceptors (Lipinski definition) is 6. The molecule has 4 heterocycles. The first-order valence-electron chi connectivity index (χ1n) is 13.0. The van der Waals surface area contributed by atoms with Crippen LogP contribution in [0, 0.1) is 19.3 Å². The zero-order valence-electron chi connectivity index (χ0n) is 20.7. The monoisotopic (exact) mass is 516 g/mol. The summed E-state index contributed by atoms with van der Waals surface area (Å²) in [5, 5.41) is 4.43. The number of rotatable bonds is 4. The zero-order valence-corrected chi connectivity index (χ0v) is 20.7. The zero-order chi connectivity index (χ0) is 25.7. The predicted octanol–water partition coefficient (Wildman–Crippen LogP) is 5.53. The van der Waals surface area contributed by atoms with Gasteiger partial charge in [-0.15, -0.1) is 0 Å². The van der Waals surface area contributed by atoms with E-state index in [4.69, 9.17) is 14.7 Å². The molecule has 11 heteroatoms. The molecule has 0 amide bonds. The Morgan fingerprint density at radius 2 is 1.73 bits per heavy atom. The summed E-state index contributed by atoms with van der Waals surface area (Å²) in [4.78, 5) is 19.1. The van der Waals surface area contributed by atoms with E-state index in [1.807, 2.05) is 24.7 Å². The minimum Gasteiger partial charge on any atom is -0.373 e. The van der Waals surface area contributed by atoms with Crippen LogP contribution < -0.4 is 0 Å². The van der Waals surface area contributed by atoms with Crippen LogP contribution in [0.3, 0.4) is 0 Å². The second-order valence-electron chi connectivity index (χ2n) is 11.6. The average Bonchev–Trinajstić information content (AvgIpc) is 3.25. The van der Waals surface area contributed by atoms with Crippen LogP contribution in [0.5, 0.6) is 0 Å². The van der Waals surface area contributed by atoms with Crippen LogP contribution >= 0.6 is 0 Å². The fourth-order valence-electron chi connectivity index (χ4n) is 6.74. The molecule has 0 unspecified atom stereocenters. The number of fused-ring (bicyclic) bond motifs is 1. The summed E-state index contributed by atoms with van der Waals surface area (Å²) in [6, 6.07) is 0.0906. The number of halogens is 4. The minimum atomic E-state index is -4.19. The maximum absolute atomic E-state index is 13.6. The first kappa shape index (κ1) is 23.4. The first-order chi connectivity index (χ1) is 17.6. The van der Waals surface area contributed by atoms with Gasteiger partial charge < -0.3 is 4.74 Å². The molecule has 3 aromatic rings. The second-order valence-corrected chi connectivity index (χ2v) is 11.6. The van der Waals surface area contributed by atoms with Crippen molar-refractivity contribution >= 4 is 11.2 Å². The molecular weight excluding hydrogens is 488 g/mol. The molecule has 1 saturated heterocycles. The highest BCUT2D eigenvalue weighted by atomic mass is 19.4. The van der Waals surface area contributed by atoms with E-state index in [1.165, 1.54) is 0 Å². The first-order valence-corrected chi connectivity index (χ1v) is 13.0. The van der Waals surface area contributed by atoms with Gasteiger partial charge in [-0.05, 0) is 46.0 Å². The Balaban J connectivity index is 1.20.